The number of hydrogen-bond acceptors (Lipinski definition) is 3. The second-order valence-corrected chi connectivity index (χ2v) is 5.43. The lowest BCUT2D eigenvalue weighted by Gasteiger charge is -2.28. The van der Waals surface area contributed by atoms with Crippen LogP contribution in [0.4, 0.5) is 0 Å². The Morgan fingerprint density at radius 3 is 2.72 bits per heavy atom. The van der Waals surface area contributed by atoms with Crippen molar-refractivity contribution in [3.05, 3.63) is 0 Å². The quantitative estimate of drug-likeness (QED) is 0.666. The fraction of sp³-hybridized carbons (Fsp3) is 0.846. The van der Waals surface area contributed by atoms with Gasteiger partial charge in [0, 0.05) is 12.1 Å². The van der Waals surface area contributed by atoms with E-state index in [9.17, 15) is 14.7 Å². The molecule has 0 aromatic heterocycles. The van der Waals surface area contributed by atoms with Crippen LogP contribution in [0.2, 0.25) is 0 Å². The molecule has 1 amide bonds. The lowest BCUT2D eigenvalue weighted by Crippen LogP contribution is -2.49. The first-order chi connectivity index (χ1) is 8.40. The molecule has 3 atom stereocenters. The van der Waals surface area contributed by atoms with Gasteiger partial charge in [0.2, 0.25) is 5.91 Å². The van der Waals surface area contributed by atoms with E-state index in [1.807, 2.05) is 13.8 Å². The second kappa shape index (κ2) is 6.18. The summed E-state index contributed by atoms with van der Waals surface area (Å²) in [6, 6.07) is 0.0476. The van der Waals surface area contributed by atoms with Crippen molar-refractivity contribution in [1.29, 1.82) is 0 Å². The van der Waals surface area contributed by atoms with E-state index in [1.165, 1.54) is 0 Å². The van der Waals surface area contributed by atoms with Crippen molar-refractivity contribution in [2.24, 2.45) is 5.41 Å². The van der Waals surface area contributed by atoms with Crippen molar-refractivity contribution in [2.45, 2.75) is 58.5 Å². The van der Waals surface area contributed by atoms with Gasteiger partial charge in [-0.25, -0.2) is 0 Å². The molecule has 0 bridgehead atoms. The third kappa shape index (κ3) is 3.45. The first-order valence-electron chi connectivity index (χ1n) is 6.66. The van der Waals surface area contributed by atoms with Crippen LogP contribution in [0, 0.1) is 5.41 Å². The molecule has 0 aromatic carbocycles. The molecule has 5 nitrogen and oxygen atoms in total. The van der Waals surface area contributed by atoms with Crippen LogP contribution in [-0.2, 0) is 9.59 Å². The minimum atomic E-state index is -0.819. The maximum Gasteiger partial charge on any atom is 0.311 e. The molecule has 18 heavy (non-hydrogen) atoms. The Balaban J connectivity index is 2.46. The number of rotatable bonds is 6. The fourth-order valence-corrected chi connectivity index (χ4v) is 2.31. The van der Waals surface area contributed by atoms with Crippen LogP contribution < -0.4 is 10.6 Å². The molecule has 3 N–H and O–H groups in total. The molecule has 1 saturated carbocycles. The summed E-state index contributed by atoms with van der Waals surface area (Å²) < 4.78 is 0. The third-order valence-corrected chi connectivity index (χ3v) is 4.01. The van der Waals surface area contributed by atoms with Gasteiger partial charge in [-0.3, -0.25) is 9.59 Å². The SMILES string of the molecule is CCC(C)NCC(=O)NC1CCCC1(C)C(=O)O. The van der Waals surface area contributed by atoms with Gasteiger partial charge < -0.3 is 15.7 Å². The Morgan fingerprint density at radius 2 is 2.17 bits per heavy atom. The molecule has 1 fully saturated rings. The number of carboxylic acids is 1. The van der Waals surface area contributed by atoms with E-state index in [4.69, 9.17) is 0 Å². The maximum absolute atomic E-state index is 11.8. The molecule has 1 rings (SSSR count). The third-order valence-electron chi connectivity index (χ3n) is 4.01. The van der Waals surface area contributed by atoms with Crippen LogP contribution in [0.5, 0.6) is 0 Å². The van der Waals surface area contributed by atoms with Crippen molar-refractivity contribution >= 4 is 11.9 Å². The lowest BCUT2D eigenvalue weighted by molar-refractivity contribution is -0.149. The average Bonchev–Trinajstić information content (AvgIpc) is 2.69. The number of aliphatic carboxylic acids is 1. The van der Waals surface area contributed by atoms with Gasteiger partial charge in [-0.15, -0.1) is 0 Å². The first kappa shape index (κ1) is 15.0. The van der Waals surface area contributed by atoms with Crippen molar-refractivity contribution in [3.63, 3.8) is 0 Å². The smallest absolute Gasteiger partial charge is 0.311 e. The minimum Gasteiger partial charge on any atom is -0.481 e. The highest BCUT2D eigenvalue weighted by Gasteiger charge is 2.45. The monoisotopic (exact) mass is 256 g/mol. The first-order valence-corrected chi connectivity index (χ1v) is 6.66. The highest BCUT2D eigenvalue weighted by atomic mass is 16.4. The predicted molar refractivity (Wildman–Crippen MR) is 69.3 cm³/mol. The summed E-state index contributed by atoms with van der Waals surface area (Å²) in [5.74, 6) is -0.935. The van der Waals surface area contributed by atoms with Gasteiger partial charge in [-0.2, -0.15) is 0 Å². The molecular weight excluding hydrogens is 232 g/mol. The van der Waals surface area contributed by atoms with Crippen LogP contribution in [0.15, 0.2) is 0 Å². The number of hydrogen-bond donors (Lipinski definition) is 3. The Hall–Kier alpha value is -1.10. The molecular formula is C13H24N2O3. The molecule has 0 aromatic rings. The Kier molecular flexibility index (Phi) is 5.14. The van der Waals surface area contributed by atoms with Gasteiger partial charge in [-0.1, -0.05) is 13.3 Å². The van der Waals surface area contributed by atoms with E-state index in [1.54, 1.807) is 6.92 Å². The minimum absolute atomic E-state index is 0.116. The molecule has 0 heterocycles. The van der Waals surface area contributed by atoms with E-state index >= 15 is 0 Å². The summed E-state index contributed by atoms with van der Waals surface area (Å²) in [7, 11) is 0. The molecule has 3 unspecified atom stereocenters. The van der Waals surface area contributed by atoms with Gasteiger partial charge in [0.05, 0.1) is 12.0 Å². The average molecular weight is 256 g/mol. The van der Waals surface area contributed by atoms with Crippen molar-refractivity contribution in [2.75, 3.05) is 6.54 Å². The summed E-state index contributed by atoms with van der Waals surface area (Å²) in [6.45, 7) is 6.04. The number of nitrogens with one attached hydrogen (secondary N) is 2. The van der Waals surface area contributed by atoms with Crippen LogP contribution in [0.25, 0.3) is 0 Å². The van der Waals surface area contributed by atoms with Crippen LogP contribution in [0.1, 0.15) is 46.5 Å². The van der Waals surface area contributed by atoms with Gasteiger partial charge in [0.15, 0.2) is 0 Å². The zero-order valence-corrected chi connectivity index (χ0v) is 11.5. The van der Waals surface area contributed by atoms with Crippen LogP contribution >= 0.6 is 0 Å². The Labute approximate surface area is 108 Å². The topological polar surface area (TPSA) is 78.4 Å². The second-order valence-electron chi connectivity index (χ2n) is 5.43. The van der Waals surface area contributed by atoms with Gasteiger partial charge in [0.25, 0.3) is 0 Å². The van der Waals surface area contributed by atoms with Crippen LogP contribution in [0.3, 0.4) is 0 Å². The summed E-state index contributed by atoms with van der Waals surface area (Å²) in [4.78, 5) is 23.0. The molecule has 5 heteroatoms. The predicted octanol–water partition coefficient (Wildman–Crippen LogP) is 1.13. The van der Waals surface area contributed by atoms with E-state index < -0.39 is 11.4 Å². The zero-order chi connectivity index (χ0) is 13.8. The fourth-order valence-electron chi connectivity index (χ4n) is 2.31. The number of amides is 1. The summed E-state index contributed by atoms with van der Waals surface area (Å²) in [6.07, 6.45) is 3.19. The highest BCUT2D eigenvalue weighted by molar-refractivity contribution is 5.81. The Bertz CT molecular complexity index is 319. The number of carbonyl (C=O) groups is 2. The van der Waals surface area contributed by atoms with E-state index in [0.29, 0.717) is 12.5 Å². The van der Waals surface area contributed by atoms with Gasteiger partial charge in [-0.05, 0) is 33.1 Å². The van der Waals surface area contributed by atoms with Crippen molar-refractivity contribution in [3.8, 4) is 0 Å². The molecule has 1 aliphatic rings. The molecule has 0 radical (unpaired) electrons. The molecule has 1 aliphatic carbocycles. The van der Waals surface area contributed by atoms with E-state index in [-0.39, 0.29) is 18.5 Å². The van der Waals surface area contributed by atoms with Crippen molar-refractivity contribution in [1.82, 2.24) is 10.6 Å². The summed E-state index contributed by atoms with van der Waals surface area (Å²) >= 11 is 0. The molecule has 0 aliphatic heterocycles. The van der Waals surface area contributed by atoms with E-state index in [2.05, 4.69) is 10.6 Å². The normalized spacial score (nSPS) is 28.9. The number of carboxylic acid groups (broad SMARTS) is 1. The van der Waals surface area contributed by atoms with Crippen molar-refractivity contribution < 1.29 is 14.7 Å². The van der Waals surface area contributed by atoms with Gasteiger partial charge in [0.1, 0.15) is 0 Å². The highest BCUT2D eigenvalue weighted by Crippen LogP contribution is 2.38. The summed E-state index contributed by atoms with van der Waals surface area (Å²) in [5.41, 5.74) is -0.813. The van der Waals surface area contributed by atoms with Gasteiger partial charge >= 0.3 is 5.97 Å². The molecule has 104 valence electrons. The van der Waals surface area contributed by atoms with E-state index in [0.717, 1.165) is 19.3 Å². The summed E-state index contributed by atoms with van der Waals surface area (Å²) in [5, 5.41) is 15.2. The number of carbonyl (C=O) groups excluding carboxylic acids is 1. The zero-order valence-electron chi connectivity index (χ0n) is 11.5. The molecule has 0 saturated heterocycles. The largest absolute Gasteiger partial charge is 0.481 e. The standard InChI is InChI=1S/C13H24N2O3/c1-4-9(2)14-8-11(16)15-10-6-5-7-13(10,3)12(17)18/h9-10,14H,4-8H2,1-3H3,(H,15,16)(H,17,18). The maximum atomic E-state index is 11.8. The Morgan fingerprint density at radius 1 is 1.50 bits per heavy atom. The van der Waals surface area contributed by atoms with Crippen LogP contribution in [-0.4, -0.2) is 35.6 Å². The lowest BCUT2D eigenvalue weighted by atomic mass is 9.85. The molecule has 0 spiro atoms.